The smallest absolute Gasteiger partial charge is 0.325 e. The molecule has 2 aromatic carbocycles. The van der Waals surface area contributed by atoms with Crippen molar-refractivity contribution in [3.63, 3.8) is 0 Å². The van der Waals surface area contributed by atoms with Gasteiger partial charge in [0.15, 0.2) is 5.16 Å². The van der Waals surface area contributed by atoms with Gasteiger partial charge in [0.25, 0.3) is 5.56 Å². The van der Waals surface area contributed by atoms with E-state index < -0.39 is 5.97 Å². The van der Waals surface area contributed by atoms with Crippen LogP contribution in [0, 0.1) is 0 Å². The molecule has 8 heteroatoms. The lowest BCUT2D eigenvalue weighted by Crippen LogP contribution is -2.28. The lowest BCUT2D eigenvalue weighted by atomic mass is 10.1. The average Bonchev–Trinajstić information content (AvgIpc) is 2.74. The van der Waals surface area contributed by atoms with Crippen molar-refractivity contribution in [1.29, 1.82) is 0 Å². The number of anilines is 1. The second-order valence-corrected chi connectivity index (χ2v) is 7.17. The molecule has 0 atom stereocenters. The Hall–Kier alpha value is -3.13. The van der Waals surface area contributed by atoms with E-state index in [1.54, 1.807) is 24.3 Å². The van der Waals surface area contributed by atoms with Crippen molar-refractivity contribution in [2.24, 2.45) is 0 Å². The molecule has 7 nitrogen and oxygen atoms in total. The number of carbonyl (C=O) groups excluding carboxylic acids is 2. The van der Waals surface area contributed by atoms with Crippen LogP contribution in [0.15, 0.2) is 58.5 Å². The molecule has 0 fully saturated rings. The van der Waals surface area contributed by atoms with Gasteiger partial charge in [-0.3, -0.25) is 19.0 Å². The SMILES string of the molecule is CCc1ccccc1NC(=O)CSc1nc2ccccc2c(=O)n1CC(=O)OC. The van der Waals surface area contributed by atoms with Crippen molar-refractivity contribution < 1.29 is 14.3 Å². The maximum atomic E-state index is 12.8. The standard InChI is InChI=1S/C21H21N3O4S/c1-3-14-8-4-6-10-16(14)22-18(25)13-29-21-23-17-11-7-5-9-15(17)20(27)24(21)12-19(26)28-2/h4-11H,3,12-13H2,1-2H3,(H,22,25). The highest BCUT2D eigenvalue weighted by Gasteiger charge is 2.16. The molecule has 3 rings (SSSR count). The fourth-order valence-corrected chi connectivity index (χ4v) is 3.66. The minimum atomic E-state index is -0.563. The number of nitrogens with zero attached hydrogens (tertiary/aromatic N) is 2. The molecule has 0 bridgehead atoms. The molecule has 0 radical (unpaired) electrons. The normalized spacial score (nSPS) is 10.7. The summed E-state index contributed by atoms with van der Waals surface area (Å²) in [5.41, 5.74) is 1.97. The first-order chi connectivity index (χ1) is 14.0. The van der Waals surface area contributed by atoms with Gasteiger partial charge in [-0.15, -0.1) is 0 Å². The third-order valence-electron chi connectivity index (χ3n) is 4.35. The van der Waals surface area contributed by atoms with Crippen LogP contribution in [0.5, 0.6) is 0 Å². The first-order valence-corrected chi connectivity index (χ1v) is 10.1. The number of esters is 1. The van der Waals surface area contributed by atoms with Crippen molar-refractivity contribution in [2.75, 3.05) is 18.2 Å². The van der Waals surface area contributed by atoms with Crippen LogP contribution in [-0.4, -0.2) is 34.3 Å². The lowest BCUT2D eigenvalue weighted by molar-refractivity contribution is -0.141. The van der Waals surface area contributed by atoms with Crippen LogP contribution in [0.1, 0.15) is 12.5 Å². The minimum absolute atomic E-state index is 0.0456. The van der Waals surface area contributed by atoms with Crippen LogP contribution < -0.4 is 10.9 Å². The zero-order valence-corrected chi connectivity index (χ0v) is 17.0. The second kappa shape index (κ2) is 9.38. The predicted octanol–water partition coefficient (Wildman–Crippen LogP) is 2.86. The number of aryl methyl sites for hydroxylation is 1. The van der Waals surface area contributed by atoms with Crippen LogP contribution in [0.4, 0.5) is 5.69 Å². The van der Waals surface area contributed by atoms with Gasteiger partial charge in [0.1, 0.15) is 6.54 Å². The Morgan fingerprint density at radius 1 is 1.14 bits per heavy atom. The second-order valence-electron chi connectivity index (χ2n) is 6.23. The van der Waals surface area contributed by atoms with E-state index in [0.29, 0.717) is 10.9 Å². The van der Waals surface area contributed by atoms with Crippen LogP contribution in [-0.2, 0) is 27.3 Å². The van der Waals surface area contributed by atoms with E-state index in [1.165, 1.54) is 11.7 Å². The number of aromatic nitrogens is 2. The molecular weight excluding hydrogens is 390 g/mol. The Balaban J connectivity index is 1.84. The summed E-state index contributed by atoms with van der Waals surface area (Å²) in [6.45, 7) is 1.75. The number of hydrogen-bond acceptors (Lipinski definition) is 6. The summed E-state index contributed by atoms with van der Waals surface area (Å²) in [4.78, 5) is 41.5. The Kier molecular flexibility index (Phi) is 6.66. The molecule has 0 aliphatic carbocycles. The number of fused-ring (bicyclic) bond motifs is 1. The van der Waals surface area contributed by atoms with Gasteiger partial charge in [0, 0.05) is 5.69 Å². The maximum absolute atomic E-state index is 12.8. The summed E-state index contributed by atoms with van der Waals surface area (Å²) in [5, 5.41) is 3.58. The van der Waals surface area contributed by atoms with Crippen molar-refractivity contribution in [3.05, 3.63) is 64.4 Å². The van der Waals surface area contributed by atoms with E-state index in [9.17, 15) is 14.4 Å². The number of ether oxygens (including phenoxy) is 1. The highest BCUT2D eigenvalue weighted by atomic mass is 32.2. The van der Waals surface area contributed by atoms with Crippen molar-refractivity contribution in [2.45, 2.75) is 25.0 Å². The number of thioether (sulfide) groups is 1. The van der Waals surface area contributed by atoms with Crippen molar-refractivity contribution in [1.82, 2.24) is 9.55 Å². The van der Waals surface area contributed by atoms with E-state index in [2.05, 4.69) is 10.3 Å². The third kappa shape index (κ3) is 4.83. The van der Waals surface area contributed by atoms with E-state index >= 15 is 0 Å². The van der Waals surface area contributed by atoms with Crippen LogP contribution in [0.2, 0.25) is 0 Å². The third-order valence-corrected chi connectivity index (χ3v) is 5.32. The Morgan fingerprint density at radius 2 is 1.86 bits per heavy atom. The number of carbonyl (C=O) groups is 2. The maximum Gasteiger partial charge on any atom is 0.325 e. The quantitative estimate of drug-likeness (QED) is 0.365. The number of para-hydroxylation sites is 2. The molecule has 0 unspecified atom stereocenters. The summed E-state index contributed by atoms with van der Waals surface area (Å²) in [7, 11) is 1.26. The van der Waals surface area contributed by atoms with Gasteiger partial charge in [-0.1, -0.05) is 49.0 Å². The van der Waals surface area contributed by atoms with Crippen LogP contribution in [0.25, 0.3) is 10.9 Å². The Morgan fingerprint density at radius 3 is 2.62 bits per heavy atom. The predicted molar refractivity (Wildman–Crippen MR) is 113 cm³/mol. The van der Waals surface area contributed by atoms with Gasteiger partial charge in [-0.2, -0.15) is 0 Å². The summed E-state index contributed by atoms with van der Waals surface area (Å²) in [5.74, 6) is -0.737. The summed E-state index contributed by atoms with van der Waals surface area (Å²) < 4.78 is 5.93. The molecule has 1 amide bonds. The van der Waals surface area contributed by atoms with E-state index in [0.717, 1.165) is 29.4 Å². The highest BCUT2D eigenvalue weighted by Crippen LogP contribution is 2.20. The first-order valence-electron chi connectivity index (χ1n) is 9.10. The van der Waals surface area contributed by atoms with Gasteiger partial charge < -0.3 is 10.1 Å². The van der Waals surface area contributed by atoms with E-state index in [1.807, 2.05) is 31.2 Å². The fourth-order valence-electron chi connectivity index (χ4n) is 2.86. The minimum Gasteiger partial charge on any atom is -0.468 e. The van der Waals surface area contributed by atoms with Crippen molar-refractivity contribution >= 4 is 40.2 Å². The molecule has 0 saturated carbocycles. The largest absolute Gasteiger partial charge is 0.468 e. The van der Waals surface area contributed by atoms with Gasteiger partial charge in [-0.25, -0.2) is 4.98 Å². The molecule has 0 spiro atoms. The number of hydrogen-bond donors (Lipinski definition) is 1. The van der Waals surface area contributed by atoms with E-state index in [-0.39, 0.29) is 28.9 Å². The molecule has 0 saturated heterocycles. The van der Waals surface area contributed by atoms with Crippen LogP contribution in [0.3, 0.4) is 0 Å². The number of methoxy groups -OCH3 is 1. The summed E-state index contributed by atoms with van der Waals surface area (Å²) in [6, 6.07) is 14.5. The molecular formula is C21H21N3O4S. The Labute approximate surface area is 172 Å². The summed E-state index contributed by atoms with van der Waals surface area (Å²) >= 11 is 1.10. The molecule has 150 valence electrons. The zero-order chi connectivity index (χ0) is 20.8. The highest BCUT2D eigenvalue weighted by molar-refractivity contribution is 7.99. The molecule has 3 aromatic rings. The van der Waals surface area contributed by atoms with E-state index in [4.69, 9.17) is 4.74 Å². The number of benzene rings is 2. The van der Waals surface area contributed by atoms with Gasteiger partial charge in [0.05, 0.1) is 23.8 Å². The zero-order valence-electron chi connectivity index (χ0n) is 16.2. The molecule has 1 heterocycles. The van der Waals surface area contributed by atoms with Crippen LogP contribution >= 0.6 is 11.8 Å². The monoisotopic (exact) mass is 411 g/mol. The van der Waals surface area contributed by atoms with Gasteiger partial charge in [-0.05, 0) is 30.2 Å². The number of amides is 1. The fraction of sp³-hybridized carbons (Fsp3) is 0.238. The molecule has 0 aliphatic rings. The Bertz CT molecular complexity index is 1110. The van der Waals surface area contributed by atoms with Crippen molar-refractivity contribution in [3.8, 4) is 0 Å². The molecule has 29 heavy (non-hydrogen) atoms. The average molecular weight is 411 g/mol. The molecule has 0 aliphatic heterocycles. The van der Waals surface area contributed by atoms with Gasteiger partial charge >= 0.3 is 5.97 Å². The summed E-state index contributed by atoms with van der Waals surface area (Å²) in [6.07, 6.45) is 0.800. The van der Waals surface area contributed by atoms with Gasteiger partial charge in [0.2, 0.25) is 5.91 Å². The molecule has 1 N–H and O–H groups in total. The number of rotatable bonds is 7. The number of nitrogens with one attached hydrogen (secondary N) is 1. The molecule has 1 aromatic heterocycles. The topological polar surface area (TPSA) is 90.3 Å². The lowest BCUT2D eigenvalue weighted by Gasteiger charge is -2.13. The first kappa shape index (κ1) is 20.6.